The van der Waals surface area contributed by atoms with E-state index in [1.807, 2.05) is 12.1 Å². The summed E-state index contributed by atoms with van der Waals surface area (Å²) in [6, 6.07) is 11.9. The van der Waals surface area contributed by atoms with Gasteiger partial charge in [-0.05, 0) is 41.2 Å². The fourth-order valence-electron chi connectivity index (χ4n) is 2.18. The predicted octanol–water partition coefficient (Wildman–Crippen LogP) is 5.32. The Hall–Kier alpha value is -1.73. The van der Waals surface area contributed by atoms with Crippen molar-refractivity contribution in [3.05, 3.63) is 70.8 Å². The highest BCUT2D eigenvalue weighted by Gasteiger charge is 2.03. The van der Waals surface area contributed by atoms with Crippen molar-refractivity contribution in [3.8, 4) is 0 Å². The maximum absolute atomic E-state index is 13.1. The van der Waals surface area contributed by atoms with Gasteiger partial charge in [0.05, 0.1) is 6.21 Å². The summed E-state index contributed by atoms with van der Waals surface area (Å²) < 4.78 is 26.0. The van der Waals surface area contributed by atoms with Crippen LogP contribution in [0.15, 0.2) is 52.7 Å². The van der Waals surface area contributed by atoms with Crippen LogP contribution >= 0.6 is 28.7 Å². The summed E-state index contributed by atoms with van der Waals surface area (Å²) in [5.41, 5.74) is 8.62. The molecular weight excluding hydrogens is 420 g/mol. The van der Waals surface area contributed by atoms with Crippen LogP contribution in [0.25, 0.3) is 0 Å². The minimum Gasteiger partial charge on any atom is -0.377 e. The number of halogens is 3. The van der Waals surface area contributed by atoms with E-state index < -0.39 is 11.6 Å². The molecule has 0 aliphatic heterocycles. The largest absolute Gasteiger partial charge is 0.377 e. The van der Waals surface area contributed by atoms with Gasteiger partial charge in [-0.15, -0.1) is 22.1 Å². The highest BCUT2D eigenvalue weighted by atomic mass is 79.9. The summed E-state index contributed by atoms with van der Waals surface area (Å²) in [5, 5.41) is 8.12. The maximum Gasteiger partial charge on any atom is 0.180 e. The van der Waals surface area contributed by atoms with E-state index in [0.717, 1.165) is 24.1 Å². The lowest BCUT2D eigenvalue weighted by Crippen LogP contribution is -2.06. The van der Waals surface area contributed by atoms with Crippen LogP contribution in [0.1, 0.15) is 30.5 Å². The summed E-state index contributed by atoms with van der Waals surface area (Å²) in [6.07, 6.45) is 2.67. The van der Waals surface area contributed by atoms with Crippen molar-refractivity contribution in [2.45, 2.75) is 26.0 Å². The van der Waals surface area contributed by atoms with Crippen LogP contribution in [-0.4, -0.2) is 11.4 Å². The first kappa shape index (κ1) is 22.3. The summed E-state index contributed by atoms with van der Waals surface area (Å²) in [5.74, 6) is -0.714. The highest BCUT2D eigenvalue weighted by molar-refractivity contribution is 8.93. The molecule has 7 heteroatoms. The SMILES string of the molecule is Br.CC(C)Cc1ccc(/C=N/N=C(\N)SCc2ccc(F)c(F)c2)cc1. The Kier molecular flexibility index (Phi) is 9.51. The van der Waals surface area contributed by atoms with Crippen molar-refractivity contribution in [3.63, 3.8) is 0 Å². The topological polar surface area (TPSA) is 50.7 Å². The highest BCUT2D eigenvalue weighted by Crippen LogP contribution is 2.15. The van der Waals surface area contributed by atoms with E-state index in [1.165, 1.54) is 23.4 Å². The third-order valence-electron chi connectivity index (χ3n) is 3.36. The summed E-state index contributed by atoms with van der Waals surface area (Å²) in [4.78, 5) is 0. The zero-order chi connectivity index (χ0) is 18.2. The Bertz CT molecular complexity index is 762. The molecule has 0 saturated heterocycles. The van der Waals surface area contributed by atoms with Gasteiger partial charge in [-0.1, -0.05) is 55.9 Å². The number of hydrogen-bond acceptors (Lipinski definition) is 3. The second-order valence-corrected chi connectivity index (χ2v) is 7.06. The molecule has 26 heavy (non-hydrogen) atoms. The number of nitrogens with two attached hydrogens (primary N) is 1. The normalized spacial score (nSPS) is 11.8. The second kappa shape index (κ2) is 11.1. The molecule has 0 radical (unpaired) electrons. The Labute approximate surface area is 167 Å². The standard InChI is InChI=1S/C19H21F2N3S.BrH/c1-13(2)9-14-3-5-15(6-4-14)11-23-24-19(22)25-12-16-7-8-17(20)18(21)10-16;/h3-8,10-11,13H,9,12H2,1-2H3,(H2,22,24);1H/b23-11+;. The van der Waals surface area contributed by atoms with Crippen LogP contribution in [-0.2, 0) is 12.2 Å². The number of nitrogens with zero attached hydrogens (tertiary/aromatic N) is 2. The van der Waals surface area contributed by atoms with E-state index in [-0.39, 0.29) is 22.1 Å². The van der Waals surface area contributed by atoms with Crippen LogP contribution in [0, 0.1) is 17.6 Å². The molecule has 0 aromatic heterocycles. The van der Waals surface area contributed by atoms with Gasteiger partial charge in [-0.3, -0.25) is 0 Å². The Morgan fingerprint density at radius 1 is 1.08 bits per heavy atom. The van der Waals surface area contributed by atoms with Gasteiger partial charge in [0.1, 0.15) is 0 Å². The van der Waals surface area contributed by atoms with Gasteiger partial charge < -0.3 is 5.73 Å². The molecule has 2 rings (SSSR count). The monoisotopic (exact) mass is 441 g/mol. The van der Waals surface area contributed by atoms with E-state index >= 15 is 0 Å². The average molecular weight is 442 g/mol. The molecular formula is C19H22BrF2N3S. The number of benzene rings is 2. The van der Waals surface area contributed by atoms with E-state index in [4.69, 9.17) is 5.73 Å². The van der Waals surface area contributed by atoms with Gasteiger partial charge >= 0.3 is 0 Å². The smallest absolute Gasteiger partial charge is 0.180 e. The minimum atomic E-state index is -0.868. The average Bonchev–Trinajstić information content (AvgIpc) is 2.57. The van der Waals surface area contributed by atoms with E-state index in [9.17, 15) is 8.78 Å². The Morgan fingerprint density at radius 2 is 1.73 bits per heavy atom. The lowest BCUT2D eigenvalue weighted by Gasteiger charge is -2.04. The molecule has 2 aromatic rings. The molecule has 140 valence electrons. The minimum absolute atomic E-state index is 0. The molecule has 0 aliphatic carbocycles. The van der Waals surface area contributed by atoms with Crippen molar-refractivity contribution in [1.29, 1.82) is 0 Å². The van der Waals surface area contributed by atoms with Crippen LogP contribution in [0.5, 0.6) is 0 Å². The summed E-state index contributed by atoms with van der Waals surface area (Å²) in [6.45, 7) is 4.37. The number of hydrogen-bond donors (Lipinski definition) is 1. The molecule has 0 bridgehead atoms. The first-order valence-corrected chi connectivity index (χ1v) is 8.94. The molecule has 0 fully saturated rings. The third-order valence-corrected chi connectivity index (χ3v) is 4.21. The third kappa shape index (κ3) is 7.66. The van der Waals surface area contributed by atoms with Crippen LogP contribution in [0.3, 0.4) is 0 Å². The van der Waals surface area contributed by atoms with E-state index in [1.54, 1.807) is 6.21 Å². The lowest BCUT2D eigenvalue weighted by molar-refractivity contribution is 0.507. The summed E-state index contributed by atoms with van der Waals surface area (Å²) in [7, 11) is 0. The second-order valence-electron chi connectivity index (χ2n) is 6.06. The van der Waals surface area contributed by atoms with Crippen molar-refractivity contribution in [2.75, 3.05) is 0 Å². The molecule has 3 nitrogen and oxygen atoms in total. The number of thioether (sulfide) groups is 1. The quantitative estimate of drug-likeness (QED) is 0.374. The van der Waals surface area contributed by atoms with Crippen LogP contribution in [0.2, 0.25) is 0 Å². The number of amidine groups is 1. The molecule has 0 aliphatic rings. The Balaban J connectivity index is 0.00000338. The molecule has 2 aromatic carbocycles. The molecule has 0 unspecified atom stereocenters. The lowest BCUT2D eigenvalue weighted by atomic mass is 10.0. The van der Waals surface area contributed by atoms with Crippen LogP contribution in [0.4, 0.5) is 8.78 Å². The van der Waals surface area contributed by atoms with E-state index in [2.05, 4.69) is 36.2 Å². The van der Waals surface area contributed by atoms with Gasteiger partial charge in [0.25, 0.3) is 0 Å². The predicted molar refractivity (Wildman–Crippen MR) is 112 cm³/mol. The Morgan fingerprint density at radius 3 is 2.35 bits per heavy atom. The van der Waals surface area contributed by atoms with Gasteiger partial charge in [0, 0.05) is 5.75 Å². The van der Waals surface area contributed by atoms with Crippen LogP contribution < -0.4 is 5.73 Å². The fourth-order valence-corrected chi connectivity index (χ4v) is 2.78. The van der Waals surface area contributed by atoms with Gasteiger partial charge in [-0.25, -0.2) is 8.78 Å². The zero-order valence-corrected chi connectivity index (χ0v) is 17.2. The molecule has 0 amide bonds. The van der Waals surface area contributed by atoms with Gasteiger partial charge in [0.2, 0.25) is 0 Å². The molecule has 0 atom stereocenters. The van der Waals surface area contributed by atoms with Gasteiger partial charge in [-0.2, -0.15) is 5.10 Å². The molecule has 0 spiro atoms. The molecule has 2 N–H and O–H groups in total. The zero-order valence-electron chi connectivity index (χ0n) is 14.7. The first-order valence-electron chi connectivity index (χ1n) is 7.96. The summed E-state index contributed by atoms with van der Waals surface area (Å²) >= 11 is 1.21. The number of rotatable bonds is 6. The molecule has 0 saturated carbocycles. The van der Waals surface area contributed by atoms with Crippen molar-refractivity contribution in [2.24, 2.45) is 21.9 Å². The van der Waals surface area contributed by atoms with Crippen molar-refractivity contribution >= 4 is 40.1 Å². The maximum atomic E-state index is 13.1. The van der Waals surface area contributed by atoms with Gasteiger partial charge in [0.15, 0.2) is 16.8 Å². The fraction of sp³-hybridized carbons (Fsp3) is 0.263. The van der Waals surface area contributed by atoms with Crippen molar-refractivity contribution < 1.29 is 8.78 Å². The first-order chi connectivity index (χ1) is 11.9. The molecule has 0 heterocycles. The van der Waals surface area contributed by atoms with Crippen molar-refractivity contribution in [1.82, 2.24) is 0 Å². The van der Waals surface area contributed by atoms with E-state index in [0.29, 0.717) is 17.2 Å².